The van der Waals surface area contributed by atoms with Crippen LogP contribution in [0.1, 0.15) is 22.7 Å². The molecule has 0 saturated carbocycles. The third-order valence-corrected chi connectivity index (χ3v) is 11.0. The van der Waals surface area contributed by atoms with E-state index < -0.39 is 0 Å². The van der Waals surface area contributed by atoms with E-state index in [1.807, 2.05) is 0 Å². The summed E-state index contributed by atoms with van der Waals surface area (Å²) in [7, 11) is 0. The summed E-state index contributed by atoms with van der Waals surface area (Å²) in [5.74, 6) is 0.887. The first-order valence-electron chi connectivity index (χ1n) is 18.0. The second-order valence-corrected chi connectivity index (χ2v) is 13.9. The van der Waals surface area contributed by atoms with E-state index in [2.05, 4.69) is 187 Å². The van der Waals surface area contributed by atoms with Gasteiger partial charge in [-0.25, -0.2) is 4.99 Å². The fraction of sp³-hybridized carbons (Fsp3) is 0.0200. The largest absolute Gasteiger partial charge is 0.359 e. The summed E-state index contributed by atoms with van der Waals surface area (Å²) in [5.41, 5.74) is 12.0. The van der Waals surface area contributed by atoms with Crippen LogP contribution in [-0.4, -0.2) is 5.84 Å². The Bertz CT molecular complexity index is 2960. The molecule has 1 aliphatic heterocycles. The molecule has 0 aromatic heterocycles. The molecule has 9 aromatic carbocycles. The molecule has 0 bridgehead atoms. The Balaban J connectivity index is 1.12. The number of aliphatic imine (C=N–C) groups is 1. The lowest BCUT2D eigenvalue weighted by Crippen LogP contribution is -2.31. The Morgan fingerprint density at radius 1 is 0.404 bits per heavy atom. The summed E-state index contributed by atoms with van der Waals surface area (Å²) >= 11 is 0. The van der Waals surface area contributed by atoms with E-state index in [4.69, 9.17) is 4.99 Å². The van der Waals surface area contributed by atoms with Gasteiger partial charge >= 0.3 is 0 Å². The lowest BCUT2D eigenvalue weighted by Gasteiger charge is -2.26. The molecule has 52 heavy (non-hydrogen) atoms. The Morgan fingerprint density at radius 2 is 1.08 bits per heavy atom. The summed E-state index contributed by atoms with van der Waals surface area (Å²) in [6.45, 7) is 0. The van der Waals surface area contributed by atoms with Crippen LogP contribution in [0.3, 0.4) is 0 Å². The first kappa shape index (κ1) is 29.0. The molecule has 2 aliphatic rings. The minimum absolute atomic E-state index is 0.0873. The maximum Gasteiger partial charge on any atom is 0.135 e. The van der Waals surface area contributed by atoms with Gasteiger partial charge in [0.1, 0.15) is 5.84 Å². The Hall–Kier alpha value is -6.77. The SMILES string of the molecule is C1=C(c2ccc3c(c2)-c2cccc4cccc-3c24)N=C(c2c3ccccc3cc3c2ccc2ccccc23)NC1c1ccc(-c2ccccc2)cc1. The third-order valence-electron chi connectivity index (χ3n) is 11.0. The standard InChI is InChI=1S/C50H32N2/c1-2-10-31(11-3-1)32-20-22-34(23-21-32)46-30-47(37-25-26-40-41-18-8-14-35-15-9-19-42(48(35)41)45(40)29-37)52-50(51-46)49-39-17-7-5-13-36(39)28-44-38-16-6-4-12-33(38)24-27-43(44)49/h1-30,46H,(H,51,52). The molecule has 1 N–H and O–H groups in total. The second kappa shape index (κ2) is 11.4. The van der Waals surface area contributed by atoms with Crippen molar-refractivity contribution in [1.29, 1.82) is 0 Å². The van der Waals surface area contributed by atoms with Crippen molar-refractivity contribution < 1.29 is 0 Å². The fourth-order valence-corrected chi connectivity index (χ4v) is 8.55. The predicted octanol–water partition coefficient (Wildman–Crippen LogP) is 12.7. The van der Waals surface area contributed by atoms with Crippen LogP contribution in [0.2, 0.25) is 0 Å². The molecule has 11 rings (SSSR count). The highest BCUT2D eigenvalue weighted by Crippen LogP contribution is 2.48. The van der Waals surface area contributed by atoms with E-state index in [0.29, 0.717) is 0 Å². The van der Waals surface area contributed by atoms with Crippen molar-refractivity contribution >= 4 is 54.6 Å². The van der Waals surface area contributed by atoms with Gasteiger partial charge in [0.05, 0.1) is 11.7 Å². The van der Waals surface area contributed by atoms with Crippen molar-refractivity contribution in [3.8, 4) is 33.4 Å². The average molecular weight is 661 g/mol. The predicted molar refractivity (Wildman–Crippen MR) is 220 cm³/mol. The highest BCUT2D eigenvalue weighted by molar-refractivity contribution is 6.25. The van der Waals surface area contributed by atoms with Crippen molar-refractivity contribution in [2.45, 2.75) is 6.04 Å². The summed E-state index contributed by atoms with van der Waals surface area (Å²) in [6.07, 6.45) is 2.30. The molecule has 9 aromatic rings. The minimum atomic E-state index is -0.0873. The lowest BCUT2D eigenvalue weighted by atomic mass is 9.91. The van der Waals surface area contributed by atoms with Gasteiger partial charge in [0, 0.05) is 11.1 Å². The average Bonchev–Trinajstić information content (AvgIpc) is 3.54. The van der Waals surface area contributed by atoms with Crippen molar-refractivity contribution in [1.82, 2.24) is 5.32 Å². The Labute approximate surface area is 302 Å². The molecular formula is C50H32N2. The second-order valence-electron chi connectivity index (χ2n) is 13.9. The van der Waals surface area contributed by atoms with E-state index in [-0.39, 0.29) is 6.04 Å². The van der Waals surface area contributed by atoms with Crippen LogP contribution < -0.4 is 5.32 Å². The Kier molecular flexibility index (Phi) is 6.35. The smallest absolute Gasteiger partial charge is 0.135 e. The number of nitrogens with one attached hydrogen (secondary N) is 1. The zero-order chi connectivity index (χ0) is 34.2. The quantitative estimate of drug-likeness (QED) is 0.147. The first-order chi connectivity index (χ1) is 25.8. The molecule has 1 unspecified atom stereocenters. The molecule has 2 heteroatoms. The van der Waals surface area contributed by atoms with Crippen molar-refractivity contribution in [2.24, 2.45) is 4.99 Å². The molecular weight excluding hydrogens is 629 g/mol. The molecule has 0 radical (unpaired) electrons. The number of fused-ring (bicyclic) bond motifs is 7. The lowest BCUT2D eigenvalue weighted by molar-refractivity contribution is 0.782. The van der Waals surface area contributed by atoms with Gasteiger partial charge in [0.15, 0.2) is 0 Å². The van der Waals surface area contributed by atoms with Crippen molar-refractivity contribution in [3.63, 3.8) is 0 Å². The highest BCUT2D eigenvalue weighted by Gasteiger charge is 2.26. The van der Waals surface area contributed by atoms with Gasteiger partial charge in [-0.15, -0.1) is 0 Å². The van der Waals surface area contributed by atoms with Crippen LogP contribution >= 0.6 is 0 Å². The van der Waals surface area contributed by atoms with E-state index in [1.54, 1.807) is 0 Å². The molecule has 0 fully saturated rings. The number of benzene rings is 9. The number of nitrogens with zero attached hydrogens (tertiary/aromatic N) is 1. The minimum Gasteiger partial charge on any atom is -0.359 e. The zero-order valence-electron chi connectivity index (χ0n) is 28.3. The van der Waals surface area contributed by atoms with E-state index in [0.717, 1.165) is 22.7 Å². The maximum atomic E-state index is 5.53. The van der Waals surface area contributed by atoms with Crippen LogP contribution in [0, 0.1) is 0 Å². The highest BCUT2D eigenvalue weighted by atomic mass is 15.0. The summed E-state index contributed by atoms with van der Waals surface area (Å²) < 4.78 is 0. The van der Waals surface area contributed by atoms with Crippen LogP contribution in [0.15, 0.2) is 187 Å². The van der Waals surface area contributed by atoms with Gasteiger partial charge in [-0.05, 0) is 100 Å². The van der Waals surface area contributed by atoms with Gasteiger partial charge < -0.3 is 5.32 Å². The van der Waals surface area contributed by atoms with Gasteiger partial charge in [0.25, 0.3) is 0 Å². The monoisotopic (exact) mass is 660 g/mol. The van der Waals surface area contributed by atoms with Crippen LogP contribution in [0.25, 0.3) is 82.2 Å². The van der Waals surface area contributed by atoms with Crippen molar-refractivity contribution in [3.05, 3.63) is 199 Å². The number of hydrogen-bond donors (Lipinski definition) is 1. The summed E-state index contributed by atoms with van der Waals surface area (Å²) in [4.78, 5) is 5.53. The molecule has 1 aliphatic carbocycles. The van der Waals surface area contributed by atoms with Gasteiger partial charge in [-0.1, -0.05) is 164 Å². The Morgan fingerprint density at radius 3 is 1.90 bits per heavy atom. The van der Waals surface area contributed by atoms with Crippen molar-refractivity contribution in [2.75, 3.05) is 0 Å². The summed E-state index contributed by atoms with van der Waals surface area (Å²) in [6, 6.07) is 63.9. The van der Waals surface area contributed by atoms with Crippen LogP contribution in [0.4, 0.5) is 0 Å². The molecule has 1 heterocycles. The zero-order valence-corrected chi connectivity index (χ0v) is 28.3. The first-order valence-corrected chi connectivity index (χ1v) is 18.0. The molecule has 2 nitrogen and oxygen atoms in total. The fourth-order valence-electron chi connectivity index (χ4n) is 8.55. The van der Waals surface area contributed by atoms with E-state index in [9.17, 15) is 0 Å². The van der Waals surface area contributed by atoms with E-state index in [1.165, 1.54) is 82.0 Å². The number of amidine groups is 1. The van der Waals surface area contributed by atoms with Gasteiger partial charge in [0.2, 0.25) is 0 Å². The van der Waals surface area contributed by atoms with Crippen LogP contribution in [-0.2, 0) is 0 Å². The van der Waals surface area contributed by atoms with E-state index >= 15 is 0 Å². The number of hydrogen-bond acceptors (Lipinski definition) is 2. The molecule has 1 atom stereocenters. The normalized spacial score (nSPS) is 14.7. The third kappa shape index (κ3) is 4.48. The van der Waals surface area contributed by atoms with Crippen LogP contribution in [0.5, 0.6) is 0 Å². The molecule has 0 saturated heterocycles. The molecule has 0 amide bonds. The van der Waals surface area contributed by atoms with Gasteiger partial charge in [-0.2, -0.15) is 0 Å². The maximum absolute atomic E-state index is 5.53. The number of rotatable bonds is 4. The molecule has 242 valence electrons. The van der Waals surface area contributed by atoms with Gasteiger partial charge in [-0.3, -0.25) is 0 Å². The topological polar surface area (TPSA) is 24.4 Å². The summed E-state index contributed by atoms with van der Waals surface area (Å²) in [5, 5.41) is 13.9. The molecule has 0 spiro atoms.